The number of carboxylic acid groups (broad SMARTS) is 1. The van der Waals surface area contributed by atoms with Crippen LogP contribution in [0.4, 0.5) is 5.69 Å². The molecule has 152 valence electrons. The second-order valence-corrected chi connectivity index (χ2v) is 9.18. The van der Waals surface area contributed by atoms with Crippen molar-refractivity contribution in [3.63, 3.8) is 0 Å². The monoisotopic (exact) mass is 428 g/mol. The van der Waals surface area contributed by atoms with Crippen molar-refractivity contribution in [2.75, 3.05) is 37.6 Å². The van der Waals surface area contributed by atoms with Crippen molar-refractivity contribution in [3.05, 3.63) is 51.9 Å². The Balaban J connectivity index is 1.76. The maximum Gasteiger partial charge on any atom is 0.337 e. The molecular formula is C23H25ClN2O2S. The van der Waals surface area contributed by atoms with Crippen LogP contribution in [0.25, 0.3) is 21.2 Å². The van der Waals surface area contributed by atoms with Crippen LogP contribution in [0.1, 0.15) is 28.6 Å². The first-order valence-electron chi connectivity index (χ1n) is 10.0. The number of hydrogen-bond donors (Lipinski definition) is 1. The molecule has 4 rings (SSSR count). The zero-order valence-corrected chi connectivity index (χ0v) is 18.3. The van der Waals surface area contributed by atoms with Gasteiger partial charge in [-0.25, -0.2) is 4.79 Å². The van der Waals surface area contributed by atoms with Gasteiger partial charge in [-0.05, 0) is 56.3 Å². The molecule has 0 saturated carbocycles. The quantitative estimate of drug-likeness (QED) is 0.573. The Morgan fingerprint density at radius 2 is 1.97 bits per heavy atom. The van der Waals surface area contributed by atoms with E-state index in [9.17, 15) is 9.90 Å². The number of carbonyl (C=O) groups is 1. The molecule has 29 heavy (non-hydrogen) atoms. The number of carboxylic acids is 1. The Morgan fingerprint density at radius 3 is 2.72 bits per heavy atom. The number of fused-ring (bicyclic) bond motifs is 1. The molecule has 4 nitrogen and oxygen atoms in total. The minimum absolute atomic E-state index is 0.375. The van der Waals surface area contributed by atoms with Crippen molar-refractivity contribution in [1.82, 2.24) is 4.90 Å². The maximum absolute atomic E-state index is 12.1. The number of likely N-dealkylation sites (N-methyl/N-ethyl adjacent to an activating group) is 1. The van der Waals surface area contributed by atoms with Crippen molar-refractivity contribution in [2.24, 2.45) is 0 Å². The predicted molar refractivity (Wildman–Crippen MR) is 123 cm³/mol. The normalized spacial score (nSPS) is 15.6. The van der Waals surface area contributed by atoms with Gasteiger partial charge in [0.1, 0.15) is 0 Å². The summed E-state index contributed by atoms with van der Waals surface area (Å²) < 4.78 is 1.12. The van der Waals surface area contributed by atoms with Gasteiger partial charge in [0.05, 0.1) is 11.3 Å². The lowest BCUT2D eigenvalue weighted by Crippen LogP contribution is -2.31. The Hall–Kier alpha value is -2.08. The molecule has 0 bridgehead atoms. The Labute approximate surface area is 180 Å². The highest BCUT2D eigenvalue weighted by Crippen LogP contribution is 2.40. The molecule has 0 atom stereocenters. The van der Waals surface area contributed by atoms with E-state index >= 15 is 0 Å². The number of rotatable bonds is 4. The van der Waals surface area contributed by atoms with Crippen LogP contribution in [0.2, 0.25) is 5.02 Å². The third-order valence-corrected chi connectivity index (χ3v) is 7.02. The van der Waals surface area contributed by atoms with Crippen molar-refractivity contribution in [1.29, 1.82) is 0 Å². The largest absolute Gasteiger partial charge is 0.478 e. The highest BCUT2D eigenvalue weighted by atomic mass is 35.5. The molecule has 1 aliphatic heterocycles. The van der Waals surface area contributed by atoms with Crippen molar-refractivity contribution in [3.8, 4) is 11.1 Å². The molecule has 2 heterocycles. The number of nitrogens with zero attached hydrogens (tertiary/aromatic N) is 2. The summed E-state index contributed by atoms with van der Waals surface area (Å²) in [5.74, 6) is -0.876. The minimum atomic E-state index is -0.876. The predicted octanol–water partition coefficient (Wildman–Crippen LogP) is 5.76. The number of aryl methyl sites for hydroxylation is 1. The van der Waals surface area contributed by atoms with Crippen LogP contribution in [-0.2, 0) is 0 Å². The van der Waals surface area contributed by atoms with Gasteiger partial charge >= 0.3 is 5.97 Å². The standard InChI is InChI=1S/C23H25ClN2O2S/c1-3-25-9-4-10-26(12-11-25)20-8-5-16(13-19(20)23(27)28)22-15(2)29-21-14-17(24)6-7-18(21)22/h5-8,13-14H,3-4,9-12H2,1-2H3,(H,27,28). The number of benzene rings is 2. The fourth-order valence-electron chi connectivity index (χ4n) is 4.22. The van der Waals surface area contributed by atoms with Crippen molar-refractivity contribution in [2.45, 2.75) is 20.3 Å². The fraction of sp³-hybridized carbons (Fsp3) is 0.348. The van der Waals surface area contributed by atoms with E-state index < -0.39 is 5.97 Å². The first-order chi connectivity index (χ1) is 14.0. The lowest BCUT2D eigenvalue weighted by Gasteiger charge is -2.25. The number of anilines is 1. The summed E-state index contributed by atoms with van der Waals surface area (Å²) in [7, 11) is 0. The summed E-state index contributed by atoms with van der Waals surface area (Å²) in [6, 6.07) is 11.8. The summed E-state index contributed by atoms with van der Waals surface area (Å²) in [6.07, 6.45) is 1.05. The molecule has 1 N–H and O–H groups in total. The third-order valence-electron chi connectivity index (χ3n) is 5.72. The molecule has 0 spiro atoms. The molecule has 3 aromatic rings. The van der Waals surface area contributed by atoms with Gasteiger partial charge < -0.3 is 14.9 Å². The van der Waals surface area contributed by atoms with E-state index in [1.165, 1.54) is 4.88 Å². The lowest BCUT2D eigenvalue weighted by atomic mass is 9.98. The zero-order valence-electron chi connectivity index (χ0n) is 16.7. The van der Waals surface area contributed by atoms with Crippen LogP contribution in [0.5, 0.6) is 0 Å². The van der Waals surface area contributed by atoms with Gasteiger partial charge in [-0.2, -0.15) is 0 Å². The van der Waals surface area contributed by atoms with E-state index in [0.29, 0.717) is 10.6 Å². The molecular weight excluding hydrogens is 404 g/mol. The molecule has 6 heteroatoms. The summed E-state index contributed by atoms with van der Waals surface area (Å²) in [6.45, 7) is 9.06. The van der Waals surface area contributed by atoms with E-state index in [0.717, 1.165) is 66.0 Å². The number of thiophene rings is 1. The van der Waals surface area contributed by atoms with Gasteiger partial charge in [-0.15, -0.1) is 11.3 Å². The summed E-state index contributed by atoms with van der Waals surface area (Å²) in [5.41, 5.74) is 3.24. The van der Waals surface area contributed by atoms with Gasteiger partial charge in [0, 0.05) is 45.2 Å². The van der Waals surface area contributed by atoms with Crippen LogP contribution in [0, 0.1) is 6.92 Å². The minimum Gasteiger partial charge on any atom is -0.478 e. The van der Waals surface area contributed by atoms with Crippen LogP contribution in [0.15, 0.2) is 36.4 Å². The Kier molecular flexibility index (Phi) is 5.81. The van der Waals surface area contributed by atoms with Gasteiger partial charge in [0.2, 0.25) is 0 Å². The van der Waals surface area contributed by atoms with E-state index in [2.05, 4.69) is 29.7 Å². The van der Waals surface area contributed by atoms with E-state index in [1.807, 2.05) is 30.3 Å². The van der Waals surface area contributed by atoms with E-state index in [-0.39, 0.29) is 0 Å². The highest BCUT2D eigenvalue weighted by molar-refractivity contribution is 7.19. The summed E-state index contributed by atoms with van der Waals surface area (Å²) in [5, 5.41) is 11.8. The molecule has 0 amide bonds. The maximum atomic E-state index is 12.1. The molecule has 0 radical (unpaired) electrons. The van der Waals surface area contributed by atoms with Gasteiger partial charge in [-0.3, -0.25) is 0 Å². The second-order valence-electron chi connectivity index (χ2n) is 7.49. The van der Waals surface area contributed by atoms with Crippen molar-refractivity contribution >= 4 is 44.7 Å². The molecule has 1 aliphatic rings. The third kappa shape index (κ3) is 4.00. The molecule has 1 fully saturated rings. The second kappa shape index (κ2) is 8.34. The molecule has 2 aromatic carbocycles. The Morgan fingerprint density at radius 1 is 1.14 bits per heavy atom. The number of hydrogen-bond acceptors (Lipinski definition) is 4. The number of halogens is 1. The number of aromatic carboxylic acids is 1. The topological polar surface area (TPSA) is 43.8 Å². The highest BCUT2D eigenvalue weighted by Gasteiger charge is 2.21. The smallest absolute Gasteiger partial charge is 0.337 e. The van der Waals surface area contributed by atoms with Gasteiger partial charge in [0.15, 0.2) is 0 Å². The molecule has 1 aromatic heterocycles. The van der Waals surface area contributed by atoms with Crippen LogP contribution in [0.3, 0.4) is 0 Å². The SMILES string of the molecule is CCN1CCCN(c2ccc(-c3c(C)sc4cc(Cl)ccc34)cc2C(=O)O)CC1. The Bertz CT molecular complexity index is 1060. The van der Waals surface area contributed by atoms with Crippen LogP contribution < -0.4 is 4.90 Å². The van der Waals surface area contributed by atoms with Crippen molar-refractivity contribution < 1.29 is 9.90 Å². The van der Waals surface area contributed by atoms with Gasteiger partial charge in [0.25, 0.3) is 0 Å². The summed E-state index contributed by atoms with van der Waals surface area (Å²) in [4.78, 5) is 17.9. The molecule has 0 unspecified atom stereocenters. The lowest BCUT2D eigenvalue weighted by molar-refractivity contribution is 0.0697. The van der Waals surface area contributed by atoms with E-state index in [4.69, 9.17) is 11.6 Å². The summed E-state index contributed by atoms with van der Waals surface area (Å²) >= 11 is 7.85. The average molecular weight is 429 g/mol. The average Bonchev–Trinajstić information content (AvgIpc) is 2.87. The zero-order chi connectivity index (χ0) is 20.5. The fourth-order valence-corrected chi connectivity index (χ4v) is 5.58. The van der Waals surface area contributed by atoms with Crippen LogP contribution >= 0.6 is 22.9 Å². The first kappa shape index (κ1) is 20.2. The first-order valence-corrected chi connectivity index (χ1v) is 11.2. The molecule has 0 aliphatic carbocycles. The van der Waals surface area contributed by atoms with E-state index in [1.54, 1.807) is 11.3 Å². The molecule has 1 saturated heterocycles. The van der Waals surface area contributed by atoms with Gasteiger partial charge in [-0.1, -0.05) is 30.7 Å². The van der Waals surface area contributed by atoms with Crippen LogP contribution in [-0.4, -0.2) is 48.7 Å².